The topological polar surface area (TPSA) is 26.3 Å². The molecule has 2 aromatic carbocycles. The predicted molar refractivity (Wildman–Crippen MR) is 72.7 cm³/mol. The van der Waals surface area contributed by atoms with Gasteiger partial charge >= 0.3 is 0 Å². The molecule has 0 fully saturated rings. The monoisotopic (exact) mass is 240 g/mol. The van der Waals surface area contributed by atoms with Gasteiger partial charge < -0.3 is 4.74 Å². The molecule has 0 amide bonds. The number of hydrogen-bond acceptors (Lipinski definition) is 2. The second kappa shape index (κ2) is 6.12. The summed E-state index contributed by atoms with van der Waals surface area (Å²) in [4.78, 5) is 11.8. The Bertz CT molecular complexity index is 500. The smallest absolute Gasteiger partial charge is 0.165 e. The van der Waals surface area contributed by atoms with E-state index >= 15 is 0 Å². The highest BCUT2D eigenvalue weighted by molar-refractivity contribution is 5.96. The van der Waals surface area contributed by atoms with Gasteiger partial charge in [0.2, 0.25) is 0 Å². The van der Waals surface area contributed by atoms with Crippen LogP contribution in [0.25, 0.3) is 11.1 Å². The lowest BCUT2D eigenvalue weighted by Gasteiger charge is -2.04. The summed E-state index contributed by atoms with van der Waals surface area (Å²) in [6.07, 6.45) is 0.432. The fourth-order valence-corrected chi connectivity index (χ4v) is 1.82. The number of ketones is 1. The summed E-state index contributed by atoms with van der Waals surface area (Å²) in [6, 6.07) is 17.8. The molecular formula is C16H16O2. The van der Waals surface area contributed by atoms with Gasteiger partial charge in [-0.1, -0.05) is 54.6 Å². The minimum Gasteiger partial charge on any atom is -0.384 e. The van der Waals surface area contributed by atoms with Crippen molar-refractivity contribution in [2.45, 2.75) is 6.42 Å². The van der Waals surface area contributed by atoms with Gasteiger partial charge in [0.05, 0.1) is 6.61 Å². The molecule has 0 saturated heterocycles. The van der Waals surface area contributed by atoms with Gasteiger partial charge in [0.1, 0.15) is 0 Å². The maximum Gasteiger partial charge on any atom is 0.165 e. The van der Waals surface area contributed by atoms with Crippen molar-refractivity contribution in [3.05, 3.63) is 60.2 Å². The SMILES string of the molecule is COCCC(=O)c1ccc(-c2ccccc2)cc1. The molecule has 0 aliphatic carbocycles. The van der Waals surface area contributed by atoms with Crippen LogP contribution < -0.4 is 0 Å². The third-order valence-corrected chi connectivity index (χ3v) is 2.85. The first-order chi connectivity index (χ1) is 8.81. The molecule has 0 spiro atoms. The van der Waals surface area contributed by atoms with Gasteiger partial charge in [-0.05, 0) is 11.1 Å². The summed E-state index contributed by atoms with van der Waals surface area (Å²) < 4.78 is 4.91. The molecule has 2 heteroatoms. The fourth-order valence-electron chi connectivity index (χ4n) is 1.82. The van der Waals surface area contributed by atoms with Crippen LogP contribution in [-0.4, -0.2) is 19.5 Å². The van der Waals surface area contributed by atoms with E-state index in [1.54, 1.807) is 7.11 Å². The summed E-state index contributed by atoms with van der Waals surface area (Å²) in [5.41, 5.74) is 3.03. The lowest BCUT2D eigenvalue weighted by atomic mass is 10.0. The normalized spacial score (nSPS) is 10.3. The summed E-state index contributed by atoms with van der Waals surface area (Å²) in [5, 5.41) is 0. The number of carbonyl (C=O) groups excluding carboxylic acids is 1. The number of methoxy groups -OCH3 is 1. The molecule has 92 valence electrons. The van der Waals surface area contributed by atoms with E-state index < -0.39 is 0 Å². The van der Waals surface area contributed by atoms with Crippen LogP contribution in [0.4, 0.5) is 0 Å². The number of ether oxygens (including phenoxy) is 1. The zero-order valence-electron chi connectivity index (χ0n) is 10.4. The van der Waals surface area contributed by atoms with Crippen molar-refractivity contribution in [3.63, 3.8) is 0 Å². The zero-order chi connectivity index (χ0) is 12.8. The van der Waals surface area contributed by atoms with E-state index in [1.807, 2.05) is 42.5 Å². The largest absolute Gasteiger partial charge is 0.384 e. The molecule has 0 atom stereocenters. The van der Waals surface area contributed by atoms with Crippen LogP contribution >= 0.6 is 0 Å². The highest BCUT2D eigenvalue weighted by atomic mass is 16.5. The number of rotatable bonds is 5. The second-order valence-corrected chi connectivity index (χ2v) is 4.11. The van der Waals surface area contributed by atoms with Crippen LogP contribution in [0.3, 0.4) is 0 Å². The molecule has 18 heavy (non-hydrogen) atoms. The highest BCUT2D eigenvalue weighted by Gasteiger charge is 2.05. The first kappa shape index (κ1) is 12.5. The Kier molecular flexibility index (Phi) is 4.26. The van der Waals surface area contributed by atoms with Gasteiger partial charge in [-0.15, -0.1) is 0 Å². The minimum atomic E-state index is 0.122. The van der Waals surface area contributed by atoms with E-state index in [4.69, 9.17) is 4.74 Å². The summed E-state index contributed by atoms with van der Waals surface area (Å²) in [5.74, 6) is 0.122. The first-order valence-electron chi connectivity index (χ1n) is 5.99. The molecule has 0 bridgehead atoms. The van der Waals surface area contributed by atoms with Crippen molar-refractivity contribution < 1.29 is 9.53 Å². The Hall–Kier alpha value is -1.93. The van der Waals surface area contributed by atoms with Crippen molar-refractivity contribution in [3.8, 4) is 11.1 Å². The third-order valence-electron chi connectivity index (χ3n) is 2.85. The fraction of sp³-hybridized carbons (Fsp3) is 0.188. The molecule has 0 heterocycles. The Morgan fingerprint density at radius 1 is 0.944 bits per heavy atom. The number of benzene rings is 2. The number of carbonyl (C=O) groups is 1. The Balaban J connectivity index is 2.13. The van der Waals surface area contributed by atoms with Gasteiger partial charge in [-0.3, -0.25) is 4.79 Å². The molecule has 2 nitrogen and oxygen atoms in total. The summed E-state index contributed by atoms with van der Waals surface area (Å²) >= 11 is 0. The summed E-state index contributed by atoms with van der Waals surface area (Å²) in [7, 11) is 1.60. The first-order valence-corrected chi connectivity index (χ1v) is 5.99. The minimum absolute atomic E-state index is 0.122. The van der Waals surface area contributed by atoms with Gasteiger partial charge in [-0.2, -0.15) is 0 Å². The van der Waals surface area contributed by atoms with Crippen LogP contribution in [0.2, 0.25) is 0 Å². The molecule has 0 N–H and O–H groups in total. The van der Waals surface area contributed by atoms with Crippen LogP contribution in [0.5, 0.6) is 0 Å². The van der Waals surface area contributed by atoms with Gasteiger partial charge in [0.25, 0.3) is 0 Å². The molecule has 0 aliphatic heterocycles. The Morgan fingerprint density at radius 3 is 2.17 bits per heavy atom. The second-order valence-electron chi connectivity index (χ2n) is 4.11. The van der Waals surface area contributed by atoms with Crippen molar-refractivity contribution in [1.82, 2.24) is 0 Å². The quantitative estimate of drug-likeness (QED) is 0.747. The van der Waals surface area contributed by atoms with Crippen LogP contribution in [0.1, 0.15) is 16.8 Å². The average Bonchev–Trinajstić information content (AvgIpc) is 2.46. The van der Waals surface area contributed by atoms with Gasteiger partial charge in [-0.25, -0.2) is 0 Å². The van der Waals surface area contributed by atoms with Crippen molar-refractivity contribution in [1.29, 1.82) is 0 Å². The van der Waals surface area contributed by atoms with Crippen molar-refractivity contribution in [2.24, 2.45) is 0 Å². The highest BCUT2D eigenvalue weighted by Crippen LogP contribution is 2.19. The molecular weight excluding hydrogens is 224 g/mol. The molecule has 0 radical (unpaired) electrons. The zero-order valence-corrected chi connectivity index (χ0v) is 10.4. The molecule has 0 aromatic heterocycles. The average molecular weight is 240 g/mol. The standard InChI is InChI=1S/C16H16O2/c1-18-12-11-16(17)15-9-7-14(8-10-15)13-5-3-2-4-6-13/h2-10H,11-12H2,1H3. The van der Waals surface area contributed by atoms with Crippen LogP contribution in [0, 0.1) is 0 Å². The third kappa shape index (κ3) is 3.05. The van der Waals surface area contributed by atoms with E-state index in [2.05, 4.69) is 12.1 Å². The summed E-state index contributed by atoms with van der Waals surface area (Å²) in [6.45, 7) is 0.471. The van der Waals surface area contributed by atoms with E-state index in [-0.39, 0.29) is 5.78 Å². The van der Waals surface area contributed by atoms with E-state index in [0.29, 0.717) is 13.0 Å². The Morgan fingerprint density at radius 2 is 1.56 bits per heavy atom. The lowest BCUT2D eigenvalue weighted by molar-refractivity contribution is 0.0932. The van der Waals surface area contributed by atoms with E-state index in [9.17, 15) is 4.79 Å². The van der Waals surface area contributed by atoms with Crippen molar-refractivity contribution >= 4 is 5.78 Å². The van der Waals surface area contributed by atoms with Crippen LogP contribution in [-0.2, 0) is 4.74 Å². The van der Waals surface area contributed by atoms with Crippen LogP contribution in [0.15, 0.2) is 54.6 Å². The maximum absolute atomic E-state index is 11.8. The maximum atomic E-state index is 11.8. The lowest BCUT2D eigenvalue weighted by Crippen LogP contribution is -2.02. The molecule has 0 unspecified atom stereocenters. The van der Waals surface area contributed by atoms with Gasteiger partial charge in [0, 0.05) is 19.1 Å². The van der Waals surface area contributed by atoms with Gasteiger partial charge in [0.15, 0.2) is 5.78 Å². The predicted octanol–water partition coefficient (Wildman–Crippen LogP) is 3.57. The molecule has 0 aliphatic rings. The number of hydrogen-bond donors (Lipinski definition) is 0. The van der Waals surface area contributed by atoms with Crippen molar-refractivity contribution in [2.75, 3.05) is 13.7 Å². The molecule has 2 rings (SSSR count). The molecule has 2 aromatic rings. The molecule has 0 saturated carbocycles. The van der Waals surface area contributed by atoms with E-state index in [1.165, 1.54) is 0 Å². The number of Topliss-reactive ketones (excluding diaryl/α,β-unsaturated/α-hetero) is 1. The Labute approximate surface area is 107 Å². The van der Waals surface area contributed by atoms with E-state index in [0.717, 1.165) is 16.7 Å².